The lowest BCUT2D eigenvalue weighted by Crippen LogP contribution is -2.28. The number of nitrogens with zero attached hydrogens (tertiary/aromatic N) is 1. The predicted molar refractivity (Wildman–Crippen MR) is 132 cm³/mol. The maximum absolute atomic E-state index is 13.3. The highest BCUT2D eigenvalue weighted by Crippen LogP contribution is 2.29. The zero-order chi connectivity index (χ0) is 23.4. The average molecular weight is 445 g/mol. The summed E-state index contributed by atoms with van der Waals surface area (Å²) in [4.78, 5) is 13.6. The first-order valence-electron chi connectivity index (χ1n) is 11.1. The van der Waals surface area contributed by atoms with E-state index in [-0.39, 0.29) is 11.7 Å². The molecule has 5 nitrogen and oxygen atoms in total. The fraction of sp³-hybridized carbons (Fsp3) is 0.222. The lowest BCUT2D eigenvalue weighted by molar-refractivity contribution is -0.127. The molecule has 0 unspecified atom stereocenters. The van der Waals surface area contributed by atoms with Crippen molar-refractivity contribution in [3.05, 3.63) is 102 Å². The number of halogens is 1. The van der Waals surface area contributed by atoms with Gasteiger partial charge in [0.25, 0.3) is 0 Å². The Morgan fingerprint density at radius 1 is 1.00 bits per heavy atom. The number of allylic oxidation sites excluding steroid dienone is 3. The number of nitrogens with two attached hydrogens (primary N) is 1. The predicted octanol–water partition coefficient (Wildman–Crippen LogP) is 4.98. The number of benzene rings is 2. The average Bonchev–Trinajstić information content (AvgIpc) is 3.20. The van der Waals surface area contributed by atoms with Crippen molar-refractivity contribution < 1.29 is 9.18 Å². The van der Waals surface area contributed by atoms with Gasteiger partial charge in [0, 0.05) is 35.7 Å². The molecule has 0 atom stereocenters. The Labute approximate surface area is 194 Å². The van der Waals surface area contributed by atoms with Gasteiger partial charge in [-0.05, 0) is 66.3 Å². The number of rotatable bonds is 8. The fourth-order valence-corrected chi connectivity index (χ4v) is 4.09. The molecule has 1 aliphatic heterocycles. The second-order valence-corrected chi connectivity index (χ2v) is 8.44. The van der Waals surface area contributed by atoms with E-state index in [4.69, 9.17) is 5.73 Å². The molecule has 4 N–H and O–H groups in total. The molecule has 1 fully saturated rings. The van der Waals surface area contributed by atoms with Crippen LogP contribution in [-0.2, 0) is 4.79 Å². The standard InChI is InChI=1S/C27H29FN4O/c1-18(17-32-15-3-4-27(32)33)30-24-12-7-20(8-13-24)19(2)31-26-16-22(9-14-25(26)29)21-5-10-23(28)11-6-21/h5-8,10-13,16,30-31H,1-4,9,14-15,17,29H2. The quantitative estimate of drug-likeness (QED) is 0.537. The molecule has 0 spiro atoms. The summed E-state index contributed by atoms with van der Waals surface area (Å²) >= 11 is 0. The fourth-order valence-electron chi connectivity index (χ4n) is 4.09. The number of likely N-dealkylation sites (tertiary alicyclic amines) is 1. The van der Waals surface area contributed by atoms with E-state index in [0.29, 0.717) is 13.0 Å². The van der Waals surface area contributed by atoms with Crippen LogP contribution >= 0.6 is 0 Å². The highest BCUT2D eigenvalue weighted by molar-refractivity contribution is 5.78. The molecule has 1 aliphatic carbocycles. The summed E-state index contributed by atoms with van der Waals surface area (Å²) in [6.45, 7) is 9.53. The third-order valence-corrected chi connectivity index (χ3v) is 5.94. The van der Waals surface area contributed by atoms with Crippen molar-refractivity contribution in [1.29, 1.82) is 0 Å². The van der Waals surface area contributed by atoms with Gasteiger partial charge >= 0.3 is 0 Å². The smallest absolute Gasteiger partial charge is 0.222 e. The molecular formula is C27H29FN4O. The van der Waals surface area contributed by atoms with Crippen LogP contribution in [0.25, 0.3) is 11.3 Å². The van der Waals surface area contributed by atoms with Crippen LogP contribution in [0.5, 0.6) is 0 Å². The number of hydrogen-bond donors (Lipinski definition) is 3. The molecule has 2 aliphatic rings. The summed E-state index contributed by atoms with van der Waals surface area (Å²) in [6, 6.07) is 14.4. The molecule has 1 heterocycles. The largest absolute Gasteiger partial charge is 0.400 e. The number of amides is 1. The summed E-state index contributed by atoms with van der Waals surface area (Å²) in [6.07, 6.45) is 5.08. The van der Waals surface area contributed by atoms with Crippen LogP contribution in [0.2, 0.25) is 0 Å². The van der Waals surface area contributed by atoms with Crippen molar-refractivity contribution >= 4 is 22.9 Å². The Balaban J connectivity index is 1.38. The summed E-state index contributed by atoms with van der Waals surface area (Å²) < 4.78 is 13.3. The SMILES string of the molecule is C=C(CN1CCCC1=O)Nc1ccc(C(=C)NC2=C(N)CCC(c3ccc(F)cc3)=C2)cc1. The number of hydrogen-bond acceptors (Lipinski definition) is 4. The van der Waals surface area contributed by atoms with E-state index in [1.165, 1.54) is 12.1 Å². The Bertz CT molecular complexity index is 1130. The summed E-state index contributed by atoms with van der Waals surface area (Å²) in [7, 11) is 0. The van der Waals surface area contributed by atoms with Crippen molar-refractivity contribution in [2.75, 3.05) is 18.4 Å². The minimum absolute atomic E-state index is 0.184. The molecule has 1 amide bonds. The summed E-state index contributed by atoms with van der Waals surface area (Å²) in [5.41, 5.74) is 13.3. The van der Waals surface area contributed by atoms with E-state index in [1.807, 2.05) is 35.2 Å². The minimum atomic E-state index is -0.247. The van der Waals surface area contributed by atoms with Gasteiger partial charge < -0.3 is 21.3 Å². The first kappa shape index (κ1) is 22.4. The molecule has 2 aromatic rings. The van der Waals surface area contributed by atoms with Gasteiger partial charge in [-0.25, -0.2) is 4.39 Å². The molecule has 0 aromatic heterocycles. The monoisotopic (exact) mass is 444 g/mol. The van der Waals surface area contributed by atoms with Crippen LogP contribution in [0, 0.1) is 5.82 Å². The van der Waals surface area contributed by atoms with Crippen LogP contribution in [0.4, 0.5) is 10.1 Å². The van der Waals surface area contributed by atoms with E-state index in [1.54, 1.807) is 12.1 Å². The molecule has 4 rings (SSSR count). The lowest BCUT2D eigenvalue weighted by Gasteiger charge is -2.21. The van der Waals surface area contributed by atoms with Crippen molar-refractivity contribution in [3.8, 4) is 0 Å². The summed E-state index contributed by atoms with van der Waals surface area (Å²) in [5, 5.41) is 6.60. The first-order valence-corrected chi connectivity index (χ1v) is 11.1. The zero-order valence-electron chi connectivity index (χ0n) is 18.7. The van der Waals surface area contributed by atoms with Crippen molar-refractivity contribution in [1.82, 2.24) is 10.2 Å². The third kappa shape index (κ3) is 5.52. The summed E-state index contributed by atoms with van der Waals surface area (Å²) in [5.74, 6) is -0.0633. The molecule has 2 aromatic carbocycles. The topological polar surface area (TPSA) is 70.4 Å². The lowest BCUT2D eigenvalue weighted by atomic mass is 9.94. The van der Waals surface area contributed by atoms with E-state index in [2.05, 4.69) is 23.8 Å². The highest BCUT2D eigenvalue weighted by Gasteiger charge is 2.20. The molecule has 0 radical (unpaired) electrons. The number of anilines is 1. The second-order valence-electron chi connectivity index (χ2n) is 8.44. The Kier molecular flexibility index (Phi) is 6.63. The Morgan fingerprint density at radius 2 is 1.73 bits per heavy atom. The second kappa shape index (κ2) is 9.77. The maximum Gasteiger partial charge on any atom is 0.222 e. The zero-order valence-corrected chi connectivity index (χ0v) is 18.7. The number of nitrogens with one attached hydrogen (secondary N) is 2. The van der Waals surface area contributed by atoms with Crippen LogP contribution in [-0.4, -0.2) is 23.9 Å². The van der Waals surface area contributed by atoms with Crippen LogP contribution in [0.1, 0.15) is 36.8 Å². The van der Waals surface area contributed by atoms with E-state index < -0.39 is 0 Å². The van der Waals surface area contributed by atoms with Crippen molar-refractivity contribution in [2.24, 2.45) is 5.73 Å². The Hall–Kier alpha value is -3.80. The van der Waals surface area contributed by atoms with Crippen molar-refractivity contribution in [2.45, 2.75) is 25.7 Å². The van der Waals surface area contributed by atoms with Gasteiger partial charge in [-0.3, -0.25) is 4.79 Å². The van der Waals surface area contributed by atoms with E-state index >= 15 is 0 Å². The van der Waals surface area contributed by atoms with Gasteiger partial charge in [-0.15, -0.1) is 0 Å². The van der Waals surface area contributed by atoms with E-state index in [0.717, 1.165) is 71.0 Å². The maximum atomic E-state index is 13.3. The molecular weight excluding hydrogens is 415 g/mol. The molecule has 0 saturated carbocycles. The van der Waals surface area contributed by atoms with Crippen LogP contribution in [0.15, 0.2) is 84.9 Å². The van der Waals surface area contributed by atoms with Gasteiger partial charge in [0.15, 0.2) is 0 Å². The number of carbonyl (C=O) groups is 1. The molecule has 6 heteroatoms. The molecule has 170 valence electrons. The highest BCUT2D eigenvalue weighted by atomic mass is 19.1. The van der Waals surface area contributed by atoms with Gasteiger partial charge in [-0.1, -0.05) is 37.4 Å². The number of carbonyl (C=O) groups excluding carboxylic acids is 1. The van der Waals surface area contributed by atoms with Crippen LogP contribution < -0.4 is 16.4 Å². The van der Waals surface area contributed by atoms with Gasteiger partial charge in [-0.2, -0.15) is 0 Å². The first-order chi connectivity index (χ1) is 15.9. The molecule has 0 bridgehead atoms. The van der Waals surface area contributed by atoms with E-state index in [9.17, 15) is 9.18 Å². The van der Waals surface area contributed by atoms with Crippen LogP contribution in [0.3, 0.4) is 0 Å². The molecule has 33 heavy (non-hydrogen) atoms. The van der Waals surface area contributed by atoms with Crippen molar-refractivity contribution in [3.63, 3.8) is 0 Å². The van der Waals surface area contributed by atoms with Gasteiger partial charge in [0.1, 0.15) is 5.82 Å². The van der Waals surface area contributed by atoms with Gasteiger partial charge in [0.05, 0.1) is 12.2 Å². The molecule has 1 saturated heterocycles. The minimum Gasteiger partial charge on any atom is -0.400 e. The normalized spacial score (nSPS) is 16.0. The Morgan fingerprint density at radius 3 is 2.39 bits per heavy atom. The third-order valence-electron chi connectivity index (χ3n) is 5.94. The van der Waals surface area contributed by atoms with Gasteiger partial charge in [0.2, 0.25) is 5.91 Å².